The molecule has 0 aromatic heterocycles. The van der Waals surface area contributed by atoms with Crippen LogP contribution in [0, 0.1) is 0 Å². The molecule has 220 valence electrons. The maximum Gasteiger partial charge on any atom is 0.322 e. The van der Waals surface area contributed by atoms with Crippen LogP contribution in [0.5, 0.6) is 0 Å². The number of carbonyl (C=O) groups is 1. The van der Waals surface area contributed by atoms with Crippen LogP contribution in [0.4, 0.5) is 10.5 Å². The molecule has 4 rings (SSSR count). The van der Waals surface area contributed by atoms with E-state index in [1.165, 1.54) is 27.8 Å². The second kappa shape index (κ2) is 12.0. The van der Waals surface area contributed by atoms with Crippen molar-refractivity contribution in [2.45, 2.75) is 123 Å². The van der Waals surface area contributed by atoms with Crippen molar-refractivity contribution in [2.75, 3.05) is 5.32 Å². The van der Waals surface area contributed by atoms with Gasteiger partial charge in [0, 0.05) is 18.3 Å². The summed E-state index contributed by atoms with van der Waals surface area (Å²) in [5, 5.41) is 3.52. The van der Waals surface area contributed by atoms with Crippen LogP contribution in [0.15, 0.2) is 72.8 Å². The van der Waals surface area contributed by atoms with Gasteiger partial charge in [-0.2, -0.15) is 0 Å². The summed E-state index contributed by atoms with van der Waals surface area (Å²) in [6.07, 6.45) is 4.24. The maximum atomic E-state index is 14.4. The second-order valence-electron chi connectivity index (χ2n) is 15.2. The number of urea groups is 1. The molecule has 0 radical (unpaired) electrons. The molecular formula is C38H52N2O. The number of nitrogens with one attached hydrogen (secondary N) is 1. The van der Waals surface area contributed by atoms with Crippen LogP contribution in [0.3, 0.4) is 0 Å². The minimum atomic E-state index is -0.123. The Morgan fingerprint density at radius 3 is 1.66 bits per heavy atom. The van der Waals surface area contributed by atoms with Crippen molar-refractivity contribution in [3.05, 3.63) is 101 Å². The molecule has 1 N–H and O–H groups in total. The topological polar surface area (TPSA) is 32.3 Å². The normalized spacial score (nSPS) is 18.2. The Morgan fingerprint density at radius 1 is 0.707 bits per heavy atom. The number of nitrogens with zero attached hydrogens (tertiary/aromatic N) is 1. The first-order chi connectivity index (χ1) is 19.1. The number of amides is 2. The van der Waals surface area contributed by atoms with E-state index in [9.17, 15) is 4.79 Å². The highest BCUT2D eigenvalue weighted by Crippen LogP contribution is 2.42. The summed E-state index contributed by atoms with van der Waals surface area (Å²) < 4.78 is 0. The minimum Gasteiger partial charge on any atom is -0.317 e. The molecule has 3 nitrogen and oxygen atoms in total. The zero-order valence-electron chi connectivity index (χ0n) is 27.0. The molecule has 3 aromatic carbocycles. The Labute approximate surface area is 249 Å². The van der Waals surface area contributed by atoms with Crippen LogP contribution in [0.25, 0.3) is 0 Å². The Hall–Kier alpha value is -3.07. The molecule has 1 aliphatic carbocycles. The molecule has 1 aliphatic rings. The van der Waals surface area contributed by atoms with Gasteiger partial charge in [-0.15, -0.1) is 0 Å². The molecule has 1 saturated carbocycles. The fourth-order valence-corrected chi connectivity index (χ4v) is 6.16. The Kier molecular flexibility index (Phi) is 9.07. The standard InChI is InChI=1S/C38H52N2O/c1-36(2,3)30-24-32(37(4,5)6)34(33(25-30)38(7,8)9)39-35(41)40(26-27-16-12-10-13-17-27)31-22-20-29(21-23-31)28-18-14-11-15-19-28/h10-19,24-25,29,31H,20-23,26H2,1-9H3,(H,39,41)/t29-,31-. The van der Waals surface area contributed by atoms with E-state index in [1.54, 1.807) is 0 Å². The summed E-state index contributed by atoms with van der Waals surface area (Å²) in [7, 11) is 0. The van der Waals surface area contributed by atoms with E-state index in [0.29, 0.717) is 12.5 Å². The van der Waals surface area contributed by atoms with Gasteiger partial charge < -0.3 is 10.2 Å². The molecule has 0 atom stereocenters. The van der Waals surface area contributed by atoms with Gasteiger partial charge in [0.2, 0.25) is 0 Å². The van der Waals surface area contributed by atoms with Crippen molar-refractivity contribution in [2.24, 2.45) is 0 Å². The summed E-state index contributed by atoms with van der Waals surface area (Å²) in [5.74, 6) is 0.569. The maximum absolute atomic E-state index is 14.4. The number of hydrogen-bond donors (Lipinski definition) is 1. The monoisotopic (exact) mass is 552 g/mol. The summed E-state index contributed by atoms with van der Waals surface area (Å²) in [6.45, 7) is 20.9. The summed E-state index contributed by atoms with van der Waals surface area (Å²) in [4.78, 5) is 16.5. The average Bonchev–Trinajstić information content (AvgIpc) is 2.91. The SMILES string of the molecule is CC(C)(C)c1cc(C(C)(C)C)c(NC(=O)N(Cc2ccccc2)[C@H]2CC[C@H](c3ccccc3)CC2)c(C(C)(C)C)c1. The molecular weight excluding hydrogens is 500 g/mol. The zero-order chi connectivity index (χ0) is 30.0. The summed E-state index contributed by atoms with van der Waals surface area (Å²) >= 11 is 0. The van der Waals surface area contributed by atoms with Crippen LogP contribution < -0.4 is 5.32 Å². The Balaban J connectivity index is 1.70. The highest BCUT2D eigenvalue weighted by atomic mass is 16.2. The molecule has 3 heteroatoms. The summed E-state index contributed by atoms with van der Waals surface area (Å²) in [5.41, 5.74) is 7.07. The van der Waals surface area contributed by atoms with Crippen molar-refractivity contribution in [1.82, 2.24) is 4.90 Å². The lowest BCUT2D eigenvalue weighted by atomic mass is 9.74. The van der Waals surface area contributed by atoms with Crippen molar-refractivity contribution in [3.63, 3.8) is 0 Å². The number of benzene rings is 3. The van der Waals surface area contributed by atoms with Crippen molar-refractivity contribution >= 4 is 11.7 Å². The molecule has 0 heterocycles. The largest absolute Gasteiger partial charge is 0.322 e. The Morgan fingerprint density at radius 2 is 1.20 bits per heavy atom. The first-order valence-corrected chi connectivity index (χ1v) is 15.5. The quantitative estimate of drug-likeness (QED) is 0.335. The van der Waals surface area contributed by atoms with E-state index in [2.05, 4.69) is 139 Å². The number of hydrogen-bond acceptors (Lipinski definition) is 1. The molecule has 41 heavy (non-hydrogen) atoms. The highest BCUT2D eigenvalue weighted by molar-refractivity contribution is 5.92. The van der Waals surface area contributed by atoms with Gasteiger partial charge in [-0.1, -0.05) is 135 Å². The predicted octanol–water partition coefficient (Wildman–Crippen LogP) is 10.3. The molecule has 0 saturated heterocycles. The van der Waals surface area contributed by atoms with Gasteiger partial charge in [-0.05, 0) is 75.7 Å². The third kappa shape index (κ3) is 7.61. The fourth-order valence-electron chi connectivity index (χ4n) is 6.16. The average molecular weight is 553 g/mol. The number of carbonyl (C=O) groups excluding carboxylic acids is 1. The summed E-state index contributed by atoms with van der Waals surface area (Å²) in [6, 6.07) is 26.2. The van der Waals surface area contributed by atoms with Crippen molar-refractivity contribution in [3.8, 4) is 0 Å². The van der Waals surface area contributed by atoms with Crippen LogP contribution in [0.1, 0.15) is 122 Å². The van der Waals surface area contributed by atoms with E-state index in [0.717, 1.165) is 31.4 Å². The zero-order valence-corrected chi connectivity index (χ0v) is 27.0. The molecule has 0 bridgehead atoms. The van der Waals surface area contributed by atoms with E-state index in [1.807, 2.05) is 6.07 Å². The first kappa shape index (κ1) is 30.9. The lowest BCUT2D eigenvalue weighted by Crippen LogP contribution is -2.44. The van der Waals surface area contributed by atoms with E-state index < -0.39 is 0 Å². The van der Waals surface area contributed by atoms with E-state index in [-0.39, 0.29) is 28.3 Å². The van der Waals surface area contributed by atoms with Crippen molar-refractivity contribution in [1.29, 1.82) is 0 Å². The number of rotatable bonds is 5. The minimum absolute atomic E-state index is 0.0107. The van der Waals surface area contributed by atoms with Gasteiger partial charge in [0.25, 0.3) is 0 Å². The molecule has 0 spiro atoms. The van der Waals surface area contributed by atoms with Gasteiger partial charge in [-0.25, -0.2) is 4.79 Å². The van der Waals surface area contributed by atoms with E-state index >= 15 is 0 Å². The molecule has 0 unspecified atom stereocenters. The first-order valence-electron chi connectivity index (χ1n) is 15.5. The lowest BCUT2D eigenvalue weighted by molar-refractivity contribution is 0.158. The lowest BCUT2D eigenvalue weighted by Gasteiger charge is -2.39. The molecule has 1 fully saturated rings. The van der Waals surface area contributed by atoms with Crippen LogP contribution >= 0.6 is 0 Å². The smallest absolute Gasteiger partial charge is 0.317 e. The van der Waals surface area contributed by atoms with Crippen LogP contribution in [0.2, 0.25) is 0 Å². The fraction of sp³-hybridized carbons (Fsp3) is 0.500. The molecule has 2 amide bonds. The van der Waals surface area contributed by atoms with Gasteiger partial charge in [0.05, 0.1) is 0 Å². The van der Waals surface area contributed by atoms with Gasteiger partial charge in [-0.3, -0.25) is 0 Å². The molecule has 0 aliphatic heterocycles. The third-order valence-corrected chi connectivity index (χ3v) is 8.72. The van der Waals surface area contributed by atoms with E-state index in [4.69, 9.17) is 0 Å². The molecule has 3 aromatic rings. The van der Waals surface area contributed by atoms with Crippen LogP contribution in [-0.4, -0.2) is 17.0 Å². The predicted molar refractivity (Wildman–Crippen MR) is 175 cm³/mol. The highest BCUT2D eigenvalue weighted by Gasteiger charge is 2.33. The number of anilines is 1. The van der Waals surface area contributed by atoms with Crippen LogP contribution in [-0.2, 0) is 22.8 Å². The van der Waals surface area contributed by atoms with Gasteiger partial charge in [0.15, 0.2) is 0 Å². The van der Waals surface area contributed by atoms with Gasteiger partial charge >= 0.3 is 6.03 Å². The van der Waals surface area contributed by atoms with Gasteiger partial charge in [0.1, 0.15) is 0 Å². The second-order valence-corrected chi connectivity index (χ2v) is 15.2. The Bertz CT molecular complexity index is 1260. The van der Waals surface area contributed by atoms with Crippen molar-refractivity contribution < 1.29 is 4.79 Å². The third-order valence-electron chi connectivity index (χ3n) is 8.72.